The van der Waals surface area contributed by atoms with Crippen LogP contribution in [0, 0.1) is 0 Å². The number of cyclic esters (lactones) is 1. The van der Waals surface area contributed by atoms with E-state index in [1.807, 2.05) is 12.1 Å². The molecule has 1 saturated heterocycles. The molecule has 2 aliphatic heterocycles. The van der Waals surface area contributed by atoms with Crippen LogP contribution in [0.1, 0.15) is 21.5 Å². The van der Waals surface area contributed by atoms with E-state index in [-0.39, 0.29) is 5.75 Å². The van der Waals surface area contributed by atoms with Crippen LogP contribution in [0.2, 0.25) is 0 Å². The van der Waals surface area contributed by atoms with Gasteiger partial charge in [-0.2, -0.15) is 0 Å². The molecule has 2 aromatic rings. The van der Waals surface area contributed by atoms with Crippen LogP contribution in [0.15, 0.2) is 30.3 Å². The third kappa shape index (κ3) is 3.61. The van der Waals surface area contributed by atoms with Gasteiger partial charge in [0.15, 0.2) is 11.5 Å². The number of rotatable bonds is 4. The van der Waals surface area contributed by atoms with Gasteiger partial charge >= 0.3 is 5.97 Å². The van der Waals surface area contributed by atoms with Crippen LogP contribution in [-0.4, -0.2) is 63.4 Å². The van der Waals surface area contributed by atoms with E-state index < -0.39 is 5.97 Å². The number of anilines is 1. The SMILES string of the molecule is COc1cc2c(cc1OC)/C(=C\c1ccc(N3CCN(C)CC3)c(O)c1)OC2=O. The van der Waals surface area contributed by atoms with E-state index in [4.69, 9.17) is 14.2 Å². The number of phenolic OH excluding ortho intramolecular Hbond substituents is 1. The quantitative estimate of drug-likeness (QED) is 0.797. The molecular weight excluding hydrogens is 372 g/mol. The molecule has 0 saturated carbocycles. The number of piperazine rings is 1. The fourth-order valence-electron chi connectivity index (χ4n) is 3.67. The van der Waals surface area contributed by atoms with Crippen molar-refractivity contribution in [3.63, 3.8) is 0 Å². The number of esters is 1. The van der Waals surface area contributed by atoms with Gasteiger partial charge in [-0.05, 0) is 43.0 Å². The number of nitrogens with zero attached hydrogens (tertiary/aromatic N) is 2. The highest BCUT2D eigenvalue weighted by Gasteiger charge is 2.29. The minimum Gasteiger partial charge on any atom is -0.506 e. The number of carbonyl (C=O) groups excluding carboxylic acids is 1. The third-order valence-corrected chi connectivity index (χ3v) is 5.35. The van der Waals surface area contributed by atoms with Crippen molar-refractivity contribution in [2.75, 3.05) is 52.3 Å². The Hall–Kier alpha value is -3.19. The molecule has 0 amide bonds. The van der Waals surface area contributed by atoms with Crippen molar-refractivity contribution < 1.29 is 24.1 Å². The molecule has 0 atom stereocenters. The molecule has 0 aliphatic carbocycles. The highest BCUT2D eigenvalue weighted by Crippen LogP contribution is 2.40. The minimum atomic E-state index is -0.439. The molecule has 0 spiro atoms. The standard InChI is InChI=1S/C22H24N2O5/c1-23-6-8-24(9-7-23)17-5-4-14(10-18(17)25)11-19-15-12-20(27-2)21(28-3)13-16(15)22(26)29-19/h4-5,10-13,25H,6-9H2,1-3H3/b19-11+. The lowest BCUT2D eigenvalue weighted by atomic mass is 10.0. The van der Waals surface area contributed by atoms with Crippen molar-refractivity contribution in [2.24, 2.45) is 0 Å². The molecule has 0 aromatic heterocycles. The molecule has 0 unspecified atom stereocenters. The van der Waals surface area contributed by atoms with E-state index in [1.54, 1.807) is 31.4 Å². The second kappa shape index (κ2) is 7.67. The second-order valence-electron chi connectivity index (χ2n) is 7.19. The van der Waals surface area contributed by atoms with Crippen molar-refractivity contribution in [3.8, 4) is 17.2 Å². The van der Waals surface area contributed by atoms with Crippen molar-refractivity contribution >= 4 is 23.5 Å². The number of benzene rings is 2. The molecule has 2 aromatic carbocycles. The lowest BCUT2D eigenvalue weighted by Gasteiger charge is -2.34. The van der Waals surface area contributed by atoms with Crippen LogP contribution in [0.5, 0.6) is 17.2 Å². The predicted octanol–water partition coefficient (Wildman–Crippen LogP) is 2.83. The van der Waals surface area contributed by atoms with E-state index in [1.165, 1.54) is 7.11 Å². The maximum Gasteiger partial charge on any atom is 0.344 e. The summed E-state index contributed by atoms with van der Waals surface area (Å²) < 4.78 is 16.0. The number of hydrogen-bond donors (Lipinski definition) is 1. The Kier molecular flexibility index (Phi) is 5.07. The molecule has 1 fully saturated rings. The summed E-state index contributed by atoms with van der Waals surface area (Å²) in [5, 5.41) is 10.6. The van der Waals surface area contributed by atoms with Gasteiger partial charge in [0.2, 0.25) is 0 Å². The van der Waals surface area contributed by atoms with Gasteiger partial charge in [0.05, 0.1) is 25.5 Å². The first kappa shape index (κ1) is 19.1. The number of ether oxygens (including phenoxy) is 3. The van der Waals surface area contributed by atoms with Gasteiger partial charge in [-0.15, -0.1) is 0 Å². The molecule has 0 bridgehead atoms. The number of carbonyl (C=O) groups is 1. The Bertz CT molecular complexity index is 977. The maximum absolute atomic E-state index is 12.3. The summed E-state index contributed by atoms with van der Waals surface area (Å²) in [6.07, 6.45) is 1.74. The zero-order valence-electron chi connectivity index (χ0n) is 16.8. The van der Waals surface area contributed by atoms with Crippen molar-refractivity contribution in [3.05, 3.63) is 47.0 Å². The third-order valence-electron chi connectivity index (χ3n) is 5.35. The molecular formula is C22H24N2O5. The lowest BCUT2D eigenvalue weighted by Crippen LogP contribution is -2.44. The van der Waals surface area contributed by atoms with E-state index in [2.05, 4.69) is 16.8 Å². The number of aromatic hydroxyl groups is 1. The van der Waals surface area contributed by atoms with Gasteiger partial charge in [-0.3, -0.25) is 0 Å². The topological polar surface area (TPSA) is 71.5 Å². The Morgan fingerprint density at radius 2 is 1.66 bits per heavy atom. The monoisotopic (exact) mass is 396 g/mol. The molecule has 1 N–H and O–H groups in total. The summed E-state index contributed by atoms with van der Waals surface area (Å²) in [6.45, 7) is 3.67. The summed E-state index contributed by atoms with van der Waals surface area (Å²) in [5.41, 5.74) is 2.61. The molecule has 2 heterocycles. The van der Waals surface area contributed by atoms with E-state index in [0.29, 0.717) is 28.4 Å². The highest BCUT2D eigenvalue weighted by molar-refractivity contribution is 6.06. The maximum atomic E-state index is 12.3. The first-order valence-corrected chi connectivity index (χ1v) is 9.47. The fraction of sp³-hybridized carbons (Fsp3) is 0.318. The van der Waals surface area contributed by atoms with Crippen LogP contribution < -0.4 is 14.4 Å². The van der Waals surface area contributed by atoms with Crippen molar-refractivity contribution in [2.45, 2.75) is 0 Å². The number of likely N-dealkylation sites (N-methyl/N-ethyl adjacent to an activating group) is 1. The smallest absolute Gasteiger partial charge is 0.344 e. The predicted molar refractivity (Wildman–Crippen MR) is 111 cm³/mol. The summed E-state index contributed by atoms with van der Waals surface area (Å²) in [6, 6.07) is 8.84. The van der Waals surface area contributed by atoms with Gasteiger partial charge in [0.1, 0.15) is 11.5 Å². The first-order valence-electron chi connectivity index (χ1n) is 9.47. The minimum absolute atomic E-state index is 0.209. The number of methoxy groups -OCH3 is 2. The largest absolute Gasteiger partial charge is 0.506 e. The Morgan fingerprint density at radius 1 is 1.00 bits per heavy atom. The van der Waals surface area contributed by atoms with Crippen LogP contribution in [0.4, 0.5) is 5.69 Å². The fourth-order valence-corrected chi connectivity index (χ4v) is 3.67. The zero-order chi connectivity index (χ0) is 20.5. The number of fused-ring (bicyclic) bond motifs is 1. The Labute approximate surface area is 169 Å². The lowest BCUT2D eigenvalue weighted by molar-refractivity contribution is 0.0717. The van der Waals surface area contributed by atoms with Crippen molar-refractivity contribution in [1.29, 1.82) is 0 Å². The average Bonchev–Trinajstić information content (AvgIpc) is 3.02. The summed E-state index contributed by atoms with van der Waals surface area (Å²) in [5.74, 6) is 1.17. The Morgan fingerprint density at radius 3 is 2.28 bits per heavy atom. The van der Waals surface area contributed by atoms with Crippen LogP contribution in [0.3, 0.4) is 0 Å². The van der Waals surface area contributed by atoms with E-state index >= 15 is 0 Å². The van der Waals surface area contributed by atoms with E-state index in [9.17, 15) is 9.90 Å². The number of phenols is 1. The van der Waals surface area contributed by atoms with Crippen LogP contribution in [0.25, 0.3) is 11.8 Å². The molecule has 2 aliphatic rings. The molecule has 7 nitrogen and oxygen atoms in total. The van der Waals surface area contributed by atoms with Gasteiger partial charge in [-0.25, -0.2) is 4.79 Å². The number of hydrogen-bond acceptors (Lipinski definition) is 7. The van der Waals surface area contributed by atoms with Gasteiger partial charge < -0.3 is 29.1 Å². The van der Waals surface area contributed by atoms with Crippen LogP contribution >= 0.6 is 0 Å². The van der Waals surface area contributed by atoms with E-state index in [0.717, 1.165) is 37.4 Å². The van der Waals surface area contributed by atoms with Gasteiger partial charge in [-0.1, -0.05) is 6.07 Å². The molecule has 7 heteroatoms. The Balaban J connectivity index is 1.64. The zero-order valence-corrected chi connectivity index (χ0v) is 16.8. The second-order valence-corrected chi connectivity index (χ2v) is 7.19. The normalized spacial score (nSPS) is 18.0. The molecule has 0 radical (unpaired) electrons. The average molecular weight is 396 g/mol. The van der Waals surface area contributed by atoms with Crippen molar-refractivity contribution in [1.82, 2.24) is 4.90 Å². The van der Waals surface area contributed by atoms with Gasteiger partial charge in [0.25, 0.3) is 0 Å². The summed E-state index contributed by atoms with van der Waals surface area (Å²) >= 11 is 0. The van der Waals surface area contributed by atoms with Crippen LogP contribution in [-0.2, 0) is 4.74 Å². The molecule has 152 valence electrons. The van der Waals surface area contributed by atoms with Gasteiger partial charge in [0, 0.05) is 31.7 Å². The summed E-state index contributed by atoms with van der Waals surface area (Å²) in [4.78, 5) is 16.7. The first-order chi connectivity index (χ1) is 14.0. The summed E-state index contributed by atoms with van der Waals surface area (Å²) in [7, 11) is 5.16. The molecule has 4 rings (SSSR count). The highest BCUT2D eigenvalue weighted by atomic mass is 16.5. The molecule has 29 heavy (non-hydrogen) atoms.